The van der Waals surface area contributed by atoms with E-state index >= 15 is 0 Å². The van der Waals surface area contributed by atoms with Crippen molar-refractivity contribution in [3.05, 3.63) is 36.5 Å². The minimum atomic E-state index is -0.729. The zero-order valence-corrected chi connectivity index (χ0v) is 9.55. The van der Waals surface area contributed by atoms with Crippen molar-refractivity contribution in [1.82, 2.24) is 0 Å². The third-order valence-corrected chi connectivity index (χ3v) is 2.36. The molecule has 0 bridgehead atoms. The summed E-state index contributed by atoms with van der Waals surface area (Å²) in [4.78, 5) is 23.1. The van der Waals surface area contributed by atoms with E-state index in [9.17, 15) is 9.59 Å². The first-order valence-corrected chi connectivity index (χ1v) is 5.35. The highest BCUT2D eigenvalue weighted by Crippen LogP contribution is 2.20. The molecule has 1 unspecified atom stereocenters. The molecule has 3 nitrogen and oxygen atoms in total. The quantitative estimate of drug-likeness (QED) is 0.538. The van der Waals surface area contributed by atoms with Crippen LogP contribution < -0.4 is 0 Å². The highest BCUT2D eigenvalue weighted by Gasteiger charge is 2.30. The third kappa shape index (κ3) is 3.19. The van der Waals surface area contributed by atoms with E-state index in [1.54, 1.807) is 6.92 Å². The molecule has 0 amide bonds. The van der Waals surface area contributed by atoms with Crippen LogP contribution in [-0.4, -0.2) is 18.4 Å². The Morgan fingerprint density at radius 2 is 1.75 bits per heavy atom. The molecule has 0 N–H and O–H groups in total. The molecule has 0 heterocycles. The molecular formula is C13H16O3. The molecule has 0 saturated carbocycles. The summed E-state index contributed by atoms with van der Waals surface area (Å²) in [6.07, 6.45) is 11.1. The second-order valence-corrected chi connectivity index (χ2v) is 3.57. The summed E-state index contributed by atoms with van der Waals surface area (Å²) in [5.74, 6) is -1.56. The lowest BCUT2D eigenvalue weighted by Gasteiger charge is -2.17. The van der Waals surface area contributed by atoms with Crippen molar-refractivity contribution in [2.75, 3.05) is 6.61 Å². The lowest BCUT2D eigenvalue weighted by atomic mass is 9.88. The first-order chi connectivity index (χ1) is 7.66. The van der Waals surface area contributed by atoms with Crippen molar-refractivity contribution in [3.8, 4) is 0 Å². The van der Waals surface area contributed by atoms with Gasteiger partial charge >= 0.3 is 5.97 Å². The van der Waals surface area contributed by atoms with Crippen molar-refractivity contribution in [2.45, 2.75) is 13.8 Å². The Labute approximate surface area is 95.5 Å². The summed E-state index contributed by atoms with van der Waals surface area (Å²) in [5, 5.41) is 0. The van der Waals surface area contributed by atoms with Gasteiger partial charge < -0.3 is 4.74 Å². The van der Waals surface area contributed by atoms with Crippen molar-refractivity contribution in [3.63, 3.8) is 0 Å². The number of rotatable bonds is 4. The van der Waals surface area contributed by atoms with Gasteiger partial charge in [0.15, 0.2) is 0 Å². The number of hydrogen-bond donors (Lipinski definition) is 0. The topological polar surface area (TPSA) is 43.4 Å². The van der Waals surface area contributed by atoms with E-state index in [4.69, 9.17) is 4.74 Å². The predicted octanol–water partition coefficient (Wildman–Crippen LogP) is 2.05. The zero-order chi connectivity index (χ0) is 12.0. The molecule has 0 aromatic carbocycles. The van der Waals surface area contributed by atoms with Crippen molar-refractivity contribution in [2.24, 2.45) is 11.8 Å². The number of carbonyl (C=O) groups excluding carboxylic acids is 2. The molecule has 1 aliphatic carbocycles. The molecule has 0 aromatic heterocycles. The van der Waals surface area contributed by atoms with E-state index in [2.05, 4.69) is 0 Å². The number of allylic oxidation sites excluding steroid dienone is 6. The van der Waals surface area contributed by atoms with Gasteiger partial charge in [-0.2, -0.15) is 0 Å². The maximum Gasteiger partial charge on any atom is 0.317 e. The molecule has 0 spiro atoms. The smallest absolute Gasteiger partial charge is 0.317 e. The highest BCUT2D eigenvalue weighted by atomic mass is 16.5. The molecule has 0 fully saturated rings. The van der Waals surface area contributed by atoms with Crippen LogP contribution in [0.15, 0.2) is 36.5 Å². The summed E-state index contributed by atoms with van der Waals surface area (Å²) in [7, 11) is 0. The molecule has 1 rings (SSSR count). The van der Waals surface area contributed by atoms with Crippen molar-refractivity contribution < 1.29 is 14.3 Å². The molecule has 1 aliphatic rings. The van der Waals surface area contributed by atoms with Crippen LogP contribution in [0.3, 0.4) is 0 Å². The van der Waals surface area contributed by atoms with E-state index in [0.717, 1.165) is 0 Å². The van der Waals surface area contributed by atoms with E-state index < -0.39 is 11.9 Å². The first kappa shape index (κ1) is 12.4. The van der Waals surface area contributed by atoms with Gasteiger partial charge in [0.05, 0.1) is 6.61 Å². The van der Waals surface area contributed by atoms with Gasteiger partial charge in [-0.15, -0.1) is 0 Å². The fraction of sp³-hybridized carbons (Fsp3) is 0.385. The van der Waals surface area contributed by atoms with Gasteiger partial charge in [0.1, 0.15) is 11.7 Å². The normalized spacial score (nSPS) is 16.9. The molecule has 0 radical (unpaired) electrons. The average molecular weight is 220 g/mol. The van der Waals surface area contributed by atoms with Crippen LogP contribution in [0.1, 0.15) is 13.8 Å². The predicted molar refractivity (Wildman–Crippen MR) is 61.7 cm³/mol. The van der Waals surface area contributed by atoms with Crippen molar-refractivity contribution in [1.29, 1.82) is 0 Å². The van der Waals surface area contributed by atoms with Crippen LogP contribution in [-0.2, 0) is 14.3 Å². The standard InChI is InChI=1S/C13H16O3/c1-3-16-13(15)12(10(2)14)11-8-6-4-5-7-9-11/h4-9,11-12H,3H2,1-2H3. The molecular weight excluding hydrogens is 204 g/mol. The van der Waals surface area contributed by atoms with Crippen molar-refractivity contribution >= 4 is 11.8 Å². The molecule has 86 valence electrons. The van der Waals surface area contributed by atoms with Crippen LogP contribution >= 0.6 is 0 Å². The fourth-order valence-corrected chi connectivity index (χ4v) is 1.63. The lowest BCUT2D eigenvalue weighted by Crippen LogP contribution is -2.30. The maximum atomic E-state index is 11.7. The molecule has 0 aliphatic heterocycles. The summed E-state index contributed by atoms with van der Waals surface area (Å²) in [5.41, 5.74) is 0. The minimum Gasteiger partial charge on any atom is -0.465 e. The second kappa shape index (κ2) is 6.05. The Morgan fingerprint density at radius 3 is 2.19 bits per heavy atom. The number of Topliss-reactive ketones (excluding diaryl/α,β-unsaturated/α-hetero) is 1. The van der Waals surface area contributed by atoms with Crippen LogP contribution in [0.25, 0.3) is 0 Å². The Balaban J connectivity index is 2.85. The largest absolute Gasteiger partial charge is 0.465 e. The zero-order valence-electron chi connectivity index (χ0n) is 9.55. The first-order valence-electron chi connectivity index (χ1n) is 5.35. The Bertz CT molecular complexity index is 334. The average Bonchev–Trinajstić information content (AvgIpc) is 2.46. The van der Waals surface area contributed by atoms with Gasteiger partial charge in [0, 0.05) is 5.92 Å². The Kier molecular flexibility index (Phi) is 4.70. The van der Waals surface area contributed by atoms with Crippen LogP contribution in [0, 0.1) is 11.8 Å². The highest BCUT2D eigenvalue weighted by molar-refractivity contribution is 5.98. The molecule has 1 atom stereocenters. The van der Waals surface area contributed by atoms with Gasteiger partial charge in [0.2, 0.25) is 0 Å². The van der Waals surface area contributed by atoms with Gasteiger partial charge in [-0.3, -0.25) is 9.59 Å². The molecule has 0 aromatic rings. The fourth-order valence-electron chi connectivity index (χ4n) is 1.63. The van der Waals surface area contributed by atoms with Crippen LogP contribution in [0.5, 0.6) is 0 Å². The monoisotopic (exact) mass is 220 g/mol. The van der Waals surface area contributed by atoms with E-state index in [1.807, 2.05) is 36.5 Å². The van der Waals surface area contributed by atoms with Gasteiger partial charge in [-0.1, -0.05) is 36.5 Å². The van der Waals surface area contributed by atoms with Crippen LogP contribution in [0.4, 0.5) is 0 Å². The van der Waals surface area contributed by atoms with E-state index in [-0.39, 0.29) is 11.7 Å². The van der Waals surface area contributed by atoms with Gasteiger partial charge in [-0.05, 0) is 13.8 Å². The number of ether oxygens (including phenoxy) is 1. The van der Waals surface area contributed by atoms with E-state index in [0.29, 0.717) is 6.61 Å². The lowest BCUT2D eigenvalue weighted by molar-refractivity contribution is -0.152. The van der Waals surface area contributed by atoms with Gasteiger partial charge in [0.25, 0.3) is 0 Å². The number of ketones is 1. The maximum absolute atomic E-state index is 11.7. The summed E-state index contributed by atoms with van der Waals surface area (Å²) < 4.78 is 4.91. The molecule has 0 saturated heterocycles. The second-order valence-electron chi connectivity index (χ2n) is 3.57. The summed E-state index contributed by atoms with van der Waals surface area (Å²) in [6.45, 7) is 3.44. The molecule has 3 heteroatoms. The van der Waals surface area contributed by atoms with Crippen LogP contribution in [0.2, 0.25) is 0 Å². The van der Waals surface area contributed by atoms with E-state index in [1.165, 1.54) is 6.92 Å². The number of hydrogen-bond acceptors (Lipinski definition) is 3. The summed E-state index contributed by atoms with van der Waals surface area (Å²) >= 11 is 0. The third-order valence-electron chi connectivity index (χ3n) is 2.36. The Morgan fingerprint density at radius 1 is 1.19 bits per heavy atom. The Hall–Kier alpha value is -1.64. The summed E-state index contributed by atoms with van der Waals surface area (Å²) in [6, 6.07) is 0. The molecule has 16 heavy (non-hydrogen) atoms. The number of carbonyl (C=O) groups is 2. The van der Waals surface area contributed by atoms with Gasteiger partial charge in [-0.25, -0.2) is 0 Å². The minimum absolute atomic E-state index is 0.167. The number of esters is 1. The SMILES string of the molecule is CCOC(=O)C(C(C)=O)C1C=CC=CC=C1.